The molecule has 7 heteroatoms. The van der Waals surface area contributed by atoms with Gasteiger partial charge in [0, 0.05) is 26.3 Å². The number of hydrogen-bond acceptors (Lipinski definition) is 5. The fourth-order valence-corrected chi connectivity index (χ4v) is 3.16. The maximum atomic E-state index is 5.67. The molecule has 0 saturated carbocycles. The van der Waals surface area contributed by atoms with Gasteiger partial charge in [0.15, 0.2) is 17.5 Å². The third-order valence-corrected chi connectivity index (χ3v) is 4.52. The Morgan fingerprint density at radius 2 is 2.00 bits per heavy atom. The third kappa shape index (κ3) is 4.61. The van der Waals surface area contributed by atoms with Crippen LogP contribution in [-0.4, -0.2) is 56.8 Å². The number of aromatic nitrogens is 1. The normalized spacial score (nSPS) is 13.7. The van der Waals surface area contributed by atoms with E-state index in [4.69, 9.17) is 14.2 Å². The second-order valence-corrected chi connectivity index (χ2v) is 6.16. The lowest BCUT2D eigenvalue weighted by Crippen LogP contribution is -2.45. The number of benzene rings is 1. The van der Waals surface area contributed by atoms with Crippen molar-refractivity contribution >= 4 is 5.96 Å². The number of hydrogen-bond donors (Lipinski definition) is 1. The molecule has 0 bridgehead atoms. The van der Waals surface area contributed by atoms with E-state index in [-0.39, 0.29) is 0 Å². The van der Waals surface area contributed by atoms with Crippen LogP contribution in [0.25, 0.3) is 0 Å². The summed E-state index contributed by atoms with van der Waals surface area (Å²) in [5, 5.41) is 3.37. The van der Waals surface area contributed by atoms with E-state index in [0.717, 1.165) is 42.7 Å². The van der Waals surface area contributed by atoms with E-state index in [1.165, 1.54) is 11.1 Å². The first-order valence-corrected chi connectivity index (χ1v) is 8.97. The van der Waals surface area contributed by atoms with Gasteiger partial charge in [-0.05, 0) is 41.8 Å². The monoisotopic (exact) mass is 370 g/mol. The Morgan fingerprint density at radius 1 is 1.22 bits per heavy atom. The van der Waals surface area contributed by atoms with Gasteiger partial charge in [-0.25, -0.2) is 0 Å². The zero-order valence-electron chi connectivity index (χ0n) is 16.1. The molecule has 1 aromatic carbocycles. The summed E-state index contributed by atoms with van der Waals surface area (Å²) in [6.45, 7) is 2.88. The Kier molecular flexibility index (Phi) is 6.35. The quantitative estimate of drug-likeness (QED) is 0.477. The molecule has 0 saturated heterocycles. The first-order chi connectivity index (χ1) is 13.2. The molecular formula is C20H26N4O3. The van der Waals surface area contributed by atoms with E-state index in [9.17, 15) is 0 Å². The van der Waals surface area contributed by atoms with E-state index in [1.807, 2.05) is 12.1 Å². The molecule has 0 amide bonds. The van der Waals surface area contributed by atoms with Crippen LogP contribution in [0.1, 0.15) is 11.1 Å². The summed E-state index contributed by atoms with van der Waals surface area (Å²) in [5.74, 6) is 3.16. The van der Waals surface area contributed by atoms with Crippen molar-refractivity contribution in [1.82, 2.24) is 15.2 Å². The number of aliphatic imine (C=N–C) groups is 1. The van der Waals surface area contributed by atoms with Crippen LogP contribution in [0.5, 0.6) is 17.2 Å². The molecule has 0 aliphatic carbocycles. The molecule has 7 nitrogen and oxygen atoms in total. The lowest BCUT2D eigenvalue weighted by atomic mass is 9.99. The summed E-state index contributed by atoms with van der Waals surface area (Å²) >= 11 is 0. The second kappa shape index (κ2) is 9.12. The van der Waals surface area contributed by atoms with Crippen molar-refractivity contribution in [2.75, 3.05) is 41.0 Å². The Balaban J connectivity index is 1.57. The van der Waals surface area contributed by atoms with Crippen LogP contribution in [0.15, 0.2) is 41.7 Å². The molecule has 1 aromatic heterocycles. The highest BCUT2D eigenvalue weighted by Gasteiger charge is 2.21. The first kappa shape index (κ1) is 18.8. The summed E-state index contributed by atoms with van der Waals surface area (Å²) in [4.78, 5) is 10.7. The largest absolute Gasteiger partial charge is 0.493 e. The SMILES string of the molecule is CN=C(NCCOc1cccnc1)N1CCc2cc(OC)c(OC)cc2C1. The van der Waals surface area contributed by atoms with Crippen LogP contribution in [0, 0.1) is 0 Å². The van der Waals surface area contributed by atoms with Crippen molar-refractivity contribution in [3.8, 4) is 17.2 Å². The van der Waals surface area contributed by atoms with Gasteiger partial charge < -0.3 is 24.4 Å². The highest BCUT2D eigenvalue weighted by molar-refractivity contribution is 5.80. The zero-order chi connectivity index (χ0) is 19.1. The number of methoxy groups -OCH3 is 2. The molecule has 1 N–H and O–H groups in total. The van der Waals surface area contributed by atoms with Gasteiger partial charge in [-0.1, -0.05) is 0 Å². The molecule has 0 unspecified atom stereocenters. The molecule has 0 radical (unpaired) electrons. The molecule has 0 fully saturated rings. The van der Waals surface area contributed by atoms with Crippen molar-refractivity contribution in [2.24, 2.45) is 4.99 Å². The van der Waals surface area contributed by atoms with Gasteiger partial charge in [0.2, 0.25) is 0 Å². The fraction of sp³-hybridized carbons (Fsp3) is 0.400. The van der Waals surface area contributed by atoms with Gasteiger partial charge in [-0.2, -0.15) is 0 Å². The summed E-state index contributed by atoms with van der Waals surface area (Å²) < 4.78 is 16.5. The predicted molar refractivity (Wildman–Crippen MR) is 105 cm³/mol. The average molecular weight is 370 g/mol. The highest BCUT2D eigenvalue weighted by Crippen LogP contribution is 2.33. The zero-order valence-corrected chi connectivity index (χ0v) is 16.1. The van der Waals surface area contributed by atoms with Crippen LogP contribution in [0.2, 0.25) is 0 Å². The molecular weight excluding hydrogens is 344 g/mol. The molecule has 2 heterocycles. The van der Waals surface area contributed by atoms with Crippen molar-refractivity contribution < 1.29 is 14.2 Å². The smallest absolute Gasteiger partial charge is 0.194 e. The topological polar surface area (TPSA) is 68.2 Å². The maximum absolute atomic E-state index is 5.67. The number of fused-ring (bicyclic) bond motifs is 1. The van der Waals surface area contributed by atoms with E-state index in [0.29, 0.717) is 13.2 Å². The fourth-order valence-electron chi connectivity index (χ4n) is 3.16. The van der Waals surface area contributed by atoms with Crippen LogP contribution >= 0.6 is 0 Å². The number of pyridine rings is 1. The Morgan fingerprint density at radius 3 is 2.67 bits per heavy atom. The standard InChI is InChI=1S/C20H26N4O3/c1-21-20(23-8-10-27-17-5-4-7-22-13-17)24-9-6-15-11-18(25-2)19(26-3)12-16(15)14-24/h4-5,7,11-13H,6,8-10,14H2,1-3H3,(H,21,23). The third-order valence-electron chi connectivity index (χ3n) is 4.52. The Bertz CT molecular complexity index is 780. The molecule has 144 valence electrons. The van der Waals surface area contributed by atoms with Gasteiger partial charge in [0.1, 0.15) is 12.4 Å². The molecule has 0 atom stereocenters. The van der Waals surface area contributed by atoms with Crippen molar-refractivity contribution in [2.45, 2.75) is 13.0 Å². The molecule has 27 heavy (non-hydrogen) atoms. The second-order valence-electron chi connectivity index (χ2n) is 6.16. The van der Waals surface area contributed by atoms with Gasteiger partial charge in [-0.3, -0.25) is 9.98 Å². The van der Waals surface area contributed by atoms with Crippen molar-refractivity contribution in [3.05, 3.63) is 47.8 Å². The van der Waals surface area contributed by atoms with Gasteiger partial charge in [0.05, 0.1) is 27.0 Å². The van der Waals surface area contributed by atoms with E-state index < -0.39 is 0 Å². The minimum atomic E-state index is 0.542. The van der Waals surface area contributed by atoms with Crippen LogP contribution < -0.4 is 19.5 Å². The van der Waals surface area contributed by atoms with E-state index >= 15 is 0 Å². The minimum absolute atomic E-state index is 0.542. The molecule has 3 rings (SSSR count). The van der Waals surface area contributed by atoms with Crippen molar-refractivity contribution in [1.29, 1.82) is 0 Å². The summed E-state index contributed by atoms with van der Waals surface area (Å²) in [5.41, 5.74) is 2.52. The number of nitrogens with one attached hydrogen (secondary N) is 1. The van der Waals surface area contributed by atoms with Gasteiger partial charge in [-0.15, -0.1) is 0 Å². The van der Waals surface area contributed by atoms with Crippen LogP contribution in [-0.2, 0) is 13.0 Å². The maximum Gasteiger partial charge on any atom is 0.194 e. The van der Waals surface area contributed by atoms with Gasteiger partial charge in [0.25, 0.3) is 0 Å². The summed E-state index contributed by atoms with van der Waals surface area (Å²) in [7, 11) is 5.13. The molecule has 1 aliphatic rings. The molecule has 0 spiro atoms. The summed E-state index contributed by atoms with van der Waals surface area (Å²) in [6, 6.07) is 7.88. The Labute approximate surface area is 160 Å². The number of nitrogens with zero attached hydrogens (tertiary/aromatic N) is 3. The summed E-state index contributed by atoms with van der Waals surface area (Å²) in [6.07, 6.45) is 4.37. The van der Waals surface area contributed by atoms with Crippen molar-refractivity contribution in [3.63, 3.8) is 0 Å². The van der Waals surface area contributed by atoms with E-state index in [2.05, 4.69) is 32.3 Å². The number of ether oxygens (including phenoxy) is 3. The Hall–Kier alpha value is -2.96. The minimum Gasteiger partial charge on any atom is -0.493 e. The number of rotatable bonds is 6. The van der Waals surface area contributed by atoms with Gasteiger partial charge >= 0.3 is 0 Å². The lowest BCUT2D eigenvalue weighted by Gasteiger charge is -2.32. The molecule has 2 aromatic rings. The molecule has 1 aliphatic heterocycles. The lowest BCUT2D eigenvalue weighted by molar-refractivity contribution is 0.313. The number of guanidine groups is 1. The van der Waals surface area contributed by atoms with Crippen LogP contribution in [0.3, 0.4) is 0 Å². The average Bonchev–Trinajstić information content (AvgIpc) is 2.73. The van der Waals surface area contributed by atoms with Crippen LogP contribution in [0.4, 0.5) is 0 Å². The highest BCUT2D eigenvalue weighted by atomic mass is 16.5. The predicted octanol–water partition coefficient (Wildman–Crippen LogP) is 2.11. The first-order valence-electron chi connectivity index (χ1n) is 8.97. The van der Waals surface area contributed by atoms with E-state index in [1.54, 1.807) is 33.7 Å².